The van der Waals surface area contributed by atoms with E-state index in [2.05, 4.69) is 46.8 Å². The standard InChI is InChI=1S/C10H6BrN3O.C9H8BrN3/c11-6-1-2-8-7(5-6)13-10(15)9-12-3-4-14(8)9;10-7-1-2-9(8(11)5-7)13-4-3-12-6-13/h1-5H,(H,13,15);1-6H,11H2. The molecule has 7 nitrogen and oxygen atoms in total. The fourth-order valence-corrected chi connectivity index (χ4v) is 3.56. The quantitative estimate of drug-likeness (QED) is 0.337. The first-order valence-electron chi connectivity index (χ1n) is 8.21. The van der Waals surface area contributed by atoms with Gasteiger partial charge in [0.05, 0.1) is 28.7 Å². The van der Waals surface area contributed by atoms with Crippen molar-refractivity contribution in [2.24, 2.45) is 0 Å². The summed E-state index contributed by atoms with van der Waals surface area (Å²) < 4.78 is 5.57. The van der Waals surface area contributed by atoms with Crippen molar-refractivity contribution in [3.05, 3.63) is 86.8 Å². The molecule has 140 valence electrons. The normalized spacial score (nSPS) is 10.8. The Hall–Kier alpha value is -2.91. The van der Waals surface area contributed by atoms with Gasteiger partial charge in [-0.3, -0.25) is 9.20 Å². The molecule has 0 spiro atoms. The van der Waals surface area contributed by atoms with Gasteiger partial charge in [-0.1, -0.05) is 31.9 Å². The molecule has 0 amide bonds. The number of rotatable bonds is 1. The number of nitrogens with zero attached hydrogens (tertiary/aromatic N) is 4. The van der Waals surface area contributed by atoms with E-state index in [1.165, 1.54) is 0 Å². The number of imidazole rings is 2. The number of nitrogen functional groups attached to an aromatic ring is 1. The van der Waals surface area contributed by atoms with E-state index in [1.54, 1.807) is 29.3 Å². The van der Waals surface area contributed by atoms with Crippen LogP contribution in [0.3, 0.4) is 0 Å². The summed E-state index contributed by atoms with van der Waals surface area (Å²) in [5, 5.41) is 0. The molecule has 0 fully saturated rings. The van der Waals surface area contributed by atoms with Gasteiger partial charge in [0.1, 0.15) is 0 Å². The zero-order chi connectivity index (χ0) is 19.7. The predicted molar refractivity (Wildman–Crippen MR) is 117 cm³/mol. The molecule has 9 heteroatoms. The first-order chi connectivity index (χ1) is 13.5. The summed E-state index contributed by atoms with van der Waals surface area (Å²) in [4.78, 5) is 22.4. The van der Waals surface area contributed by atoms with E-state index in [9.17, 15) is 4.79 Å². The Balaban J connectivity index is 0.000000139. The van der Waals surface area contributed by atoms with Gasteiger partial charge >= 0.3 is 0 Å². The van der Waals surface area contributed by atoms with Gasteiger partial charge in [0.2, 0.25) is 5.65 Å². The van der Waals surface area contributed by atoms with Crippen molar-refractivity contribution >= 4 is 54.2 Å². The lowest BCUT2D eigenvalue weighted by Gasteiger charge is -2.05. The number of H-pyrrole nitrogens is 1. The van der Waals surface area contributed by atoms with Crippen molar-refractivity contribution < 1.29 is 0 Å². The van der Waals surface area contributed by atoms with Crippen molar-refractivity contribution in [3.63, 3.8) is 0 Å². The molecule has 0 saturated heterocycles. The maximum absolute atomic E-state index is 11.6. The van der Waals surface area contributed by atoms with Crippen LogP contribution in [0, 0.1) is 0 Å². The zero-order valence-electron chi connectivity index (χ0n) is 14.4. The third-order valence-electron chi connectivity index (χ3n) is 4.08. The van der Waals surface area contributed by atoms with E-state index >= 15 is 0 Å². The molecule has 2 aromatic carbocycles. The number of hydrogen-bond acceptors (Lipinski definition) is 4. The first-order valence-corrected chi connectivity index (χ1v) is 9.79. The van der Waals surface area contributed by atoms with Crippen LogP contribution in [0.4, 0.5) is 5.69 Å². The molecule has 0 bridgehead atoms. The molecule has 0 atom stereocenters. The number of hydrogen-bond donors (Lipinski definition) is 2. The molecule has 0 aliphatic carbocycles. The van der Waals surface area contributed by atoms with Crippen LogP contribution in [0.15, 0.2) is 81.3 Å². The first kappa shape index (κ1) is 18.5. The summed E-state index contributed by atoms with van der Waals surface area (Å²) in [5.41, 5.74) is 9.48. The highest BCUT2D eigenvalue weighted by Gasteiger charge is 2.05. The van der Waals surface area contributed by atoms with Crippen LogP contribution in [-0.4, -0.2) is 23.9 Å². The Morgan fingerprint density at radius 3 is 2.54 bits per heavy atom. The summed E-state index contributed by atoms with van der Waals surface area (Å²) in [5.74, 6) is 0. The molecule has 5 rings (SSSR count). The molecule has 0 saturated carbocycles. The molecule has 0 radical (unpaired) electrons. The van der Waals surface area contributed by atoms with E-state index in [-0.39, 0.29) is 5.56 Å². The fraction of sp³-hybridized carbons (Fsp3) is 0. The van der Waals surface area contributed by atoms with E-state index in [0.717, 1.165) is 31.4 Å². The highest BCUT2D eigenvalue weighted by Crippen LogP contribution is 2.21. The largest absolute Gasteiger partial charge is 0.397 e. The van der Waals surface area contributed by atoms with E-state index in [4.69, 9.17) is 5.73 Å². The molecule has 3 N–H and O–H groups in total. The summed E-state index contributed by atoms with van der Waals surface area (Å²) in [6.07, 6.45) is 8.70. The highest BCUT2D eigenvalue weighted by molar-refractivity contribution is 9.10. The van der Waals surface area contributed by atoms with Gasteiger partial charge in [-0.25, -0.2) is 9.97 Å². The molecule has 5 aromatic rings. The van der Waals surface area contributed by atoms with Crippen molar-refractivity contribution in [3.8, 4) is 5.69 Å². The number of anilines is 1. The molecular weight excluding hydrogens is 488 g/mol. The lowest BCUT2D eigenvalue weighted by molar-refractivity contribution is 1.06. The second kappa shape index (κ2) is 7.61. The maximum atomic E-state index is 11.6. The van der Waals surface area contributed by atoms with Gasteiger partial charge < -0.3 is 15.3 Å². The Morgan fingerprint density at radius 2 is 1.79 bits per heavy atom. The minimum absolute atomic E-state index is 0.175. The Kier molecular flexibility index (Phi) is 5.01. The fourth-order valence-electron chi connectivity index (χ4n) is 2.82. The van der Waals surface area contributed by atoms with Crippen molar-refractivity contribution in [1.82, 2.24) is 23.9 Å². The van der Waals surface area contributed by atoms with Crippen LogP contribution >= 0.6 is 31.9 Å². The molecule has 28 heavy (non-hydrogen) atoms. The van der Waals surface area contributed by atoms with Crippen LogP contribution < -0.4 is 11.3 Å². The second-order valence-corrected chi connectivity index (χ2v) is 7.74. The molecule has 0 aliphatic rings. The molecule has 0 aliphatic heterocycles. The van der Waals surface area contributed by atoms with Crippen LogP contribution in [0.1, 0.15) is 0 Å². The van der Waals surface area contributed by atoms with Crippen LogP contribution in [0.5, 0.6) is 0 Å². The van der Waals surface area contributed by atoms with E-state index < -0.39 is 0 Å². The molecule has 0 unspecified atom stereocenters. The zero-order valence-corrected chi connectivity index (χ0v) is 17.6. The van der Waals surface area contributed by atoms with Gasteiger partial charge in [0, 0.05) is 33.7 Å². The highest BCUT2D eigenvalue weighted by atomic mass is 79.9. The summed E-state index contributed by atoms with van der Waals surface area (Å²) >= 11 is 6.72. The lowest BCUT2D eigenvalue weighted by Crippen LogP contribution is -2.10. The van der Waals surface area contributed by atoms with Gasteiger partial charge in [-0.2, -0.15) is 0 Å². The van der Waals surface area contributed by atoms with E-state index in [0.29, 0.717) is 5.65 Å². The topological polar surface area (TPSA) is 94.0 Å². The van der Waals surface area contributed by atoms with Crippen molar-refractivity contribution in [1.29, 1.82) is 0 Å². The average molecular weight is 502 g/mol. The number of aromatic amines is 1. The lowest BCUT2D eigenvalue weighted by atomic mass is 10.3. The third kappa shape index (κ3) is 3.58. The SMILES string of the molecule is Nc1cc(Br)ccc1-n1ccnc1.O=c1[nH]c2cc(Br)ccc2n2ccnc12. The minimum Gasteiger partial charge on any atom is -0.397 e. The minimum atomic E-state index is -0.175. The predicted octanol–water partition coefficient (Wildman–Crippen LogP) is 4.16. The molecule has 3 aromatic heterocycles. The smallest absolute Gasteiger partial charge is 0.292 e. The molecule has 3 heterocycles. The number of benzene rings is 2. The monoisotopic (exact) mass is 500 g/mol. The van der Waals surface area contributed by atoms with E-state index in [1.807, 2.05) is 47.2 Å². The molecular formula is C19H14Br2N6O. The van der Waals surface area contributed by atoms with Gasteiger partial charge in [0.25, 0.3) is 5.56 Å². The number of fused-ring (bicyclic) bond motifs is 3. The van der Waals surface area contributed by atoms with Crippen molar-refractivity contribution in [2.45, 2.75) is 0 Å². The van der Waals surface area contributed by atoms with Crippen molar-refractivity contribution in [2.75, 3.05) is 5.73 Å². The number of aromatic nitrogens is 5. The number of nitrogens with two attached hydrogens (primary N) is 1. The Bertz CT molecular complexity index is 1320. The maximum Gasteiger partial charge on any atom is 0.292 e. The summed E-state index contributed by atoms with van der Waals surface area (Å²) in [7, 11) is 0. The van der Waals surface area contributed by atoms with Crippen LogP contribution in [0.2, 0.25) is 0 Å². The summed E-state index contributed by atoms with van der Waals surface area (Å²) in [6.45, 7) is 0. The third-order valence-corrected chi connectivity index (χ3v) is 5.07. The Labute approximate surface area is 176 Å². The van der Waals surface area contributed by atoms with Crippen LogP contribution in [0.25, 0.3) is 22.4 Å². The average Bonchev–Trinajstić information content (AvgIpc) is 3.34. The van der Waals surface area contributed by atoms with Crippen LogP contribution in [-0.2, 0) is 0 Å². The van der Waals surface area contributed by atoms with Gasteiger partial charge in [0.15, 0.2) is 0 Å². The second-order valence-electron chi connectivity index (χ2n) is 5.91. The van der Waals surface area contributed by atoms with Gasteiger partial charge in [-0.05, 0) is 36.4 Å². The Morgan fingerprint density at radius 1 is 1.00 bits per heavy atom. The van der Waals surface area contributed by atoms with Gasteiger partial charge in [-0.15, -0.1) is 0 Å². The summed E-state index contributed by atoms with van der Waals surface area (Å²) in [6, 6.07) is 11.5. The number of nitrogens with one attached hydrogen (secondary N) is 1. The number of halogens is 2.